The SMILES string of the molecule is CCCC(=O)N[C@@H](CCCCN=[N+]=[N-])C(=O)NCCOCCOCCOCCOCCC(=O)Oc1c(F)c(F)c(F)c(F)c1F. The highest BCUT2D eigenvalue weighted by Crippen LogP contribution is 2.29. The zero-order valence-corrected chi connectivity index (χ0v) is 24.9. The third-order valence-electron chi connectivity index (χ3n) is 5.69. The molecular weight excluding hydrogens is 617 g/mol. The Bertz CT molecular complexity index is 1100. The third-order valence-corrected chi connectivity index (χ3v) is 5.69. The van der Waals surface area contributed by atoms with E-state index in [1.54, 1.807) is 0 Å². The smallest absolute Gasteiger partial charge is 0.313 e. The number of carbonyl (C=O) groups is 3. The van der Waals surface area contributed by atoms with Gasteiger partial charge in [0.25, 0.3) is 0 Å². The minimum atomic E-state index is -2.36. The molecule has 0 spiro atoms. The van der Waals surface area contributed by atoms with Crippen LogP contribution in [0.3, 0.4) is 0 Å². The Morgan fingerprint density at radius 1 is 0.778 bits per heavy atom. The number of hydrogen-bond donors (Lipinski definition) is 2. The second-order valence-corrected chi connectivity index (χ2v) is 9.18. The molecule has 0 radical (unpaired) electrons. The van der Waals surface area contributed by atoms with Crippen LogP contribution in [0.2, 0.25) is 0 Å². The number of nitrogens with one attached hydrogen (secondary N) is 2. The first-order chi connectivity index (χ1) is 21.6. The second-order valence-electron chi connectivity index (χ2n) is 9.18. The summed E-state index contributed by atoms with van der Waals surface area (Å²) in [7, 11) is 0. The first-order valence-electron chi connectivity index (χ1n) is 14.2. The quantitative estimate of drug-likeness (QED) is 0.0185. The van der Waals surface area contributed by atoms with Crippen molar-refractivity contribution in [3.8, 4) is 5.75 Å². The van der Waals surface area contributed by atoms with Gasteiger partial charge in [-0.05, 0) is 24.8 Å². The van der Waals surface area contributed by atoms with E-state index in [0.29, 0.717) is 38.6 Å². The molecule has 0 saturated heterocycles. The monoisotopic (exact) mass is 655 g/mol. The molecule has 0 aliphatic carbocycles. The van der Waals surface area contributed by atoms with Crippen molar-refractivity contribution >= 4 is 17.8 Å². The van der Waals surface area contributed by atoms with E-state index in [9.17, 15) is 36.3 Å². The Balaban J connectivity index is 2.07. The summed E-state index contributed by atoms with van der Waals surface area (Å²) in [6, 6.07) is -0.690. The van der Waals surface area contributed by atoms with Gasteiger partial charge in [-0.15, -0.1) is 0 Å². The molecule has 254 valence electrons. The fourth-order valence-electron chi connectivity index (χ4n) is 3.46. The van der Waals surface area contributed by atoms with Gasteiger partial charge in [-0.2, -0.15) is 8.78 Å². The highest BCUT2D eigenvalue weighted by atomic mass is 19.2. The number of carbonyl (C=O) groups excluding carboxylic acids is 3. The van der Waals surface area contributed by atoms with Crippen LogP contribution in [-0.4, -0.2) is 89.8 Å². The predicted octanol–water partition coefficient (Wildman–Crippen LogP) is 3.63. The van der Waals surface area contributed by atoms with Crippen LogP contribution in [0.5, 0.6) is 5.75 Å². The topological polar surface area (TPSA) is 170 Å². The van der Waals surface area contributed by atoms with Crippen LogP contribution in [0.4, 0.5) is 22.0 Å². The number of esters is 1. The van der Waals surface area contributed by atoms with Crippen molar-refractivity contribution in [2.45, 2.75) is 51.5 Å². The largest absolute Gasteiger partial charge is 0.420 e. The number of amides is 2. The lowest BCUT2D eigenvalue weighted by Gasteiger charge is -2.18. The molecular formula is C27H38F5N5O8. The van der Waals surface area contributed by atoms with E-state index in [0.717, 1.165) is 0 Å². The maximum Gasteiger partial charge on any atom is 0.313 e. The van der Waals surface area contributed by atoms with Gasteiger partial charge in [0.05, 0.1) is 59.3 Å². The molecule has 13 nitrogen and oxygen atoms in total. The maximum atomic E-state index is 13.5. The summed E-state index contributed by atoms with van der Waals surface area (Å²) in [5.74, 6) is -14.8. The van der Waals surface area contributed by atoms with Gasteiger partial charge in [-0.1, -0.05) is 18.5 Å². The van der Waals surface area contributed by atoms with Gasteiger partial charge in [-0.25, -0.2) is 13.2 Å². The molecule has 0 aliphatic rings. The van der Waals surface area contributed by atoms with Crippen LogP contribution in [0.1, 0.15) is 45.4 Å². The highest BCUT2D eigenvalue weighted by molar-refractivity contribution is 5.87. The van der Waals surface area contributed by atoms with E-state index in [1.165, 1.54) is 0 Å². The molecule has 1 rings (SSSR count). The van der Waals surface area contributed by atoms with E-state index in [-0.39, 0.29) is 71.2 Å². The molecule has 1 aromatic carbocycles. The number of rotatable bonds is 25. The summed E-state index contributed by atoms with van der Waals surface area (Å²) < 4.78 is 91.7. The Morgan fingerprint density at radius 3 is 1.87 bits per heavy atom. The van der Waals surface area contributed by atoms with Crippen LogP contribution in [0.15, 0.2) is 5.11 Å². The lowest BCUT2D eigenvalue weighted by atomic mass is 10.1. The Hall–Kier alpha value is -3.57. The molecule has 1 aromatic rings. The normalized spacial score (nSPS) is 11.5. The van der Waals surface area contributed by atoms with Crippen molar-refractivity contribution in [2.24, 2.45) is 5.11 Å². The van der Waals surface area contributed by atoms with E-state index in [4.69, 9.17) is 24.5 Å². The number of ether oxygens (including phenoxy) is 5. The van der Waals surface area contributed by atoms with Crippen LogP contribution in [0.25, 0.3) is 10.4 Å². The van der Waals surface area contributed by atoms with Gasteiger partial charge in [0, 0.05) is 24.4 Å². The van der Waals surface area contributed by atoms with Crippen LogP contribution in [0, 0.1) is 29.1 Å². The molecule has 2 amide bonds. The Labute approximate surface area is 256 Å². The minimum absolute atomic E-state index is 0.0452. The van der Waals surface area contributed by atoms with Crippen molar-refractivity contribution in [3.63, 3.8) is 0 Å². The average molecular weight is 656 g/mol. The standard InChI is InChI=1S/C27H38F5N5O8/c1-2-5-19(38)36-18(6-3-4-8-35-37-33)27(40)34-9-11-42-13-15-44-17-16-43-14-12-41-10-7-20(39)45-26-24(31)22(29)21(28)23(30)25(26)32/h18H,2-17H2,1H3,(H,34,40)(H,36,38)/t18-/m0/s1. The van der Waals surface area contributed by atoms with E-state index in [2.05, 4.69) is 25.4 Å². The predicted molar refractivity (Wildman–Crippen MR) is 147 cm³/mol. The molecule has 0 fully saturated rings. The van der Waals surface area contributed by atoms with Gasteiger partial charge in [0.1, 0.15) is 6.04 Å². The van der Waals surface area contributed by atoms with Crippen molar-refractivity contribution in [1.29, 1.82) is 0 Å². The lowest BCUT2D eigenvalue weighted by Crippen LogP contribution is -2.47. The first kappa shape index (κ1) is 39.5. The molecule has 45 heavy (non-hydrogen) atoms. The number of halogens is 5. The van der Waals surface area contributed by atoms with E-state index >= 15 is 0 Å². The summed E-state index contributed by atoms with van der Waals surface area (Å²) in [4.78, 5) is 38.7. The van der Waals surface area contributed by atoms with E-state index in [1.807, 2.05) is 6.92 Å². The zero-order chi connectivity index (χ0) is 33.5. The van der Waals surface area contributed by atoms with Gasteiger partial charge in [0.15, 0.2) is 0 Å². The summed E-state index contributed by atoms with van der Waals surface area (Å²) in [5, 5.41) is 8.89. The zero-order valence-electron chi connectivity index (χ0n) is 24.9. The number of nitrogens with zero attached hydrogens (tertiary/aromatic N) is 3. The number of unbranched alkanes of at least 4 members (excludes halogenated alkanes) is 1. The number of azide groups is 1. The summed E-state index contributed by atoms with van der Waals surface area (Å²) in [5.41, 5.74) is 8.33. The van der Waals surface area contributed by atoms with Crippen molar-refractivity contribution in [3.05, 3.63) is 39.5 Å². The van der Waals surface area contributed by atoms with Crippen molar-refractivity contribution in [2.75, 3.05) is 65.9 Å². The van der Waals surface area contributed by atoms with Crippen LogP contribution in [-0.2, 0) is 33.3 Å². The second kappa shape index (κ2) is 23.8. The fourth-order valence-corrected chi connectivity index (χ4v) is 3.46. The molecule has 0 aliphatic heterocycles. The van der Waals surface area contributed by atoms with Crippen LogP contribution < -0.4 is 15.4 Å². The summed E-state index contributed by atoms with van der Waals surface area (Å²) in [6.07, 6.45) is 2.07. The van der Waals surface area contributed by atoms with Gasteiger partial charge in [-0.3, -0.25) is 14.4 Å². The van der Waals surface area contributed by atoms with Gasteiger partial charge in [0.2, 0.25) is 46.6 Å². The molecule has 0 heterocycles. The minimum Gasteiger partial charge on any atom is -0.420 e. The summed E-state index contributed by atoms with van der Waals surface area (Å²) >= 11 is 0. The molecule has 1 atom stereocenters. The average Bonchev–Trinajstić information content (AvgIpc) is 3.02. The molecule has 0 unspecified atom stereocenters. The first-order valence-corrected chi connectivity index (χ1v) is 14.2. The lowest BCUT2D eigenvalue weighted by molar-refractivity contribution is -0.136. The van der Waals surface area contributed by atoms with Crippen LogP contribution >= 0.6 is 0 Å². The van der Waals surface area contributed by atoms with Crippen molar-refractivity contribution in [1.82, 2.24) is 10.6 Å². The summed E-state index contributed by atoms with van der Waals surface area (Å²) in [6.45, 7) is 3.54. The highest BCUT2D eigenvalue weighted by Gasteiger charge is 2.28. The Kier molecular flexibility index (Phi) is 20.8. The number of hydrogen-bond acceptors (Lipinski definition) is 9. The fraction of sp³-hybridized carbons (Fsp3) is 0.667. The van der Waals surface area contributed by atoms with Gasteiger partial charge >= 0.3 is 5.97 Å². The third kappa shape index (κ3) is 16.4. The maximum absolute atomic E-state index is 13.5. The molecule has 0 saturated carbocycles. The number of benzene rings is 1. The Morgan fingerprint density at radius 2 is 1.31 bits per heavy atom. The molecule has 0 bridgehead atoms. The van der Waals surface area contributed by atoms with Gasteiger partial charge < -0.3 is 34.3 Å². The molecule has 2 N–H and O–H groups in total. The van der Waals surface area contributed by atoms with E-state index < -0.39 is 53.3 Å². The molecule has 0 aromatic heterocycles. The van der Waals surface area contributed by atoms with Crippen molar-refractivity contribution < 1.29 is 60.0 Å². The molecule has 18 heteroatoms.